The Morgan fingerprint density at radius 1 is 1.32 bits per heavy atom. The van der Waals surface area contributed by atoms with Crippen molar-refractivity contribution in [1.29, 1.82) is 0 Å². The number of nitrogens with zero attached hydrogens (tertiary/aromatic N) is 5. The maximum atomic E-state index is 14.3. The second-order valence-electron chi connectivity index (χ2n) is 8.15. The van der Waals surface area contributed by atoms with Crippen LogP contribution in [0.25, 0.3) is 22.6 Å². The van der Waals surface area contributed by atoms with Crippen molar-refractivity contribution in [1.82, 2.24) is 30.0 Å². The number of benzene rings is 1. The molecule has 37 heavy (non-hydrogen) atoms. The molecule has 4 aromatic rings. The van der Waals surface area contributed by atoms with E-state index in [0.717, 1.165) is 6.20 Å². The van der Waals surface area contributed by atoms with Crippen molar-refractivity contribution in [3.05, 3.63) is 75.6 Å². The summed E-state index contributed by atoms with van der Waals surface area (Å²) in [6, 6.07) is 7.47. The molecule has 1 aromatic carbocycles. The van der Waals surface area contributed by atoms with E-state index in [2.05, 4.69) is 37.3 Å². The van der Waals surface area contributed by atoms with Gasteiger partial charge in [0.05, 0.1) is 30.8 Å². The van der Waals surface area contributed by atoms with Gasteiger partial charge in [-0.05, 0) is 34.7 Å². The molecular formula is C24H18F2IN7O3. The van der Waals surface area contributed by atoms with E-state index < -0.39 is 29.2 Å². The van der Waals surface area contributed by atoms with Crippen LogP contribution >= 0.6 is 22.6 Å². The van der Waals surface area contributed by atoms with Gasteiger partial charge in [0, 0.05) is 12.0 Å². The van der Waals surface area contributed by atoms with Gasteiger partial charge >= 0.3 is 6.09 Å². The van der Waals surface area contributed by atoms with Gasteiger partial charge < -0.3 is 15.4 Å². The quantitative estimate of drug-likeness (QED) is 0.191. The molecule has 0 saturated carbocycles. The molecule has 188 valence electrons. The molecule has 0 bridgehead atoms. The van der Waals surface area contributed by atoms with Crippen molar-refractivity contribution in [2.45, 2.75) is 18.5 Å². The first kappa shape index (κ1) is 24.7. The van der Waals surface area contributed by atoms with Gasteiger partial charge in [-0.3, -0.25) is 4.79 Å². The summed E-state index contributed by atoms with van der Waals surface area (Å²) < 4.78 is 35.0. The number of hydrogen-bond donors (Lipinski definition) is 2. The maximum Gasteiger partial charge on any atom is 0.408 e. The number of fused-ring (bicyclic) bond motifs is 2. The summed E-state index contributed by atoms with van der Waals surface area (Å²) in [7, 11) is 1.19. The van der Waals surface area contributed by atoms with E-state index in [1.165, 1.54) is 30.0 Å². The number of ether oxygens (including phenoxy) is 1. The van der Waals surface area contributed by atoms with Gasteiger partial charge in [-0.15, -0.1) is 6.58 Å². The Kier molecular flexibility index (Phi) is 6.31. The highest BCUT2D eigenvalue weighted by atomic mass is 127. The third-order valence-electron chi connectivity index (χ3n) is 5.91. The molecule has 10 nitrogen and oxygen atoms in total. The highest BCUT2D eigenvalue weighted by Gasteiger charge is 2.50. The van der Waals surface area contributed by atoms with Gasteiger partial charge in [-0.25, -0.2) is 33.2 Å². The Morgan fingerprint density at radius 2 is 2.11 bits per heavy atom. The number of rotatable bonds is 6. The Balaban J connectivity index is 1.66. The zero-order valence-corrected chi connectivity index (χ0v) is 21.4. The van der Waals surface area contributed by atoms with E-state index in [-0.39, 0.29) is 30.3 Å². The number of aromatic nitrogens is 5. The molecule has 3 aromatic heterocycles. The van der Waals surface area contributed by atoms with Crippen LogP contribution in [0.1, 0.15) is 17.5 Å². The van der Waals surface area contributed by atoms with Crippen molar-refractivity contribution < 1.29 is 23.1 Å². The molecule has 13 heteroatoms. The van der Waals surface area contributed by atoms with Crippen molar-refractivity contribution in [3.8, 4) is 11.5 Å². The van der Waals surface area contributed by atoms with Gasteiger partial charge in [0.15, 0.2) is 17.0 Å². The van der Waals surface area contributed by atoms with Crippen LogP contribution in [-0.4, -0.2) is 43.8 Å². The number of pyridine rings is 1. The number of carbonyl (C=O) groups excluding carboxylic acids is 2. The third kappa shape index (κ3) is 4.18. The summed E-state index contributed by atoms with van der Waals surface area (Å²) in [5.41, 5.74) is -0.332. The first-order valence-electron chi connectivity index (χ1n) is 10.9. The lowest BCUT2D eigenvalue weighted by molar-refractivity contribution is -0.121. The van der Waals surface area contributed by atoms with Crippen molar-refractivity contribution in [2.75, 3.05) is 12.4 Å². The lowest BCUT2D eigenvalue weighted by Gasteiger charge is -2.26. The van der Waals surface area contributed by atoms with Gasteiger partial charge in [0.2, 0.25) is 0 Å². The summed E-state index contributed by atoms with van der Waals surface area (Å²) in [5, 5.41) is 10.1. The molecule has 4 heterocycles. The largest absolute Gasteiger partial charge is 0.453 e. The molecule has 0 aliphatic carbocycles. The van der Waals surface area contributed by atoms with E-state index in [1.807, 2.05) is 22.6 Å². The zero-order valence-electron chi connectivity index (χ0n) is 19.3. The van der Waals surface area contributed by atoms with Crippen LogP contribution < -0.4 is 10.6 Å². The second-order valence-corrected chi connectivity index (χ2v) is 9.17. The molecule has 2 amide bonds. The molecule has 5 rings (SSSR count). The smallest absolute Gasteiger partial charge is 0.408 e. The van der Waals surface area contributed by atoms with Gasteiger partial charge in [0.1, 0.15) is 26.8 Å². The van der Waals surface area contributed by atoms with Crippen LogP contribution in [0.5, 0.6) is 0 Å². The lowest BCUT2D eigenvalue weighted by Crippen LogP contribution is -2.51. The van der Waals surface area contributed by atoms with Gasteiger partial charge in [-0.1, -0.05) is 24.3 Å². The number of halogens is 3. The maximum absolute atomic E-state index is 14.3. The van der Waals surface area contributed by atoms with Crippen LogP contribution in [0.2, 0.25) is 0 Å². The average molecular weight is 617 g/mol. The number of amides is 2. The van der Waals surface area contributed by atoms with Gasteiger partial charge in [-0.2, -0.15) is 5.10 Å². The fraction of sp³-hybridized carbons (Fsp3) is 0.167. The Hall–Kier alpha value is -4.01. The van der Waals surface area contributed by atoms with E-state index in [1.54, 1.807) is 18.2 Å². The van der Waals surface area contributed by atoms with E-state index in [4.69, 9.17) is 4.74 Å². The van der Waals surface area contributed by atoms with Gasteiger partial charge in [0.25, 0.3) is 5.91 Å². The van der Waals surface area contributed by atoms with Crippen LogP contribution in [0.4, 0.5) is 19.4 Å². The molecule has 0 radical (unpaired) electrons. The first-order chi connectivity index (χ1) is 17.8. The summed E-state index contributed by atoms with van der Waals surface area (Å²) >= 11 is 1.93. The Bertz CT molecular complexity index is 1590. The Labute approximate surface area is 222 Å². The number of alkyl carbamates (subject to hydrolysis) is 1. The topological polar surface area (TPSA) is 124 Å². The average Bonchev–Trinajstić information content (AvgIpc) is 3.35. The number of methoxy groups -OCH3 is 1. The van der Waals surface area contributed by atoms with Crippen molar-refractivity contribution in [2.24, 2.45) is 0 Å². The first-order valence-corrected chi connectivity index (χ1v) is 12.0. The SMILES string of the molecule is C=CCC1(NC(=O)OC)C(=O)Nc2nc(-c3nn(Cc4ccccc4F)c4ncc(F)cc34)nc(I)c21. The van der Waals surface area contributed by atoms with E-state index in [0.29, 0.717) is 25.9 Å². The normalized spacial score (nSPS) is 16.4. The minimum absolute atomic E-state index is 0.0338. The number of hydrogen-bond acceptors (Lipinski definition) is 7. The highest BCUT2D eigenvalue weighted by molar-refractivity contribution is 14.1. The van der Waals surface area contributed by atoms with Crippen molar-refractivity contribution >= 4 is 51.4 Å². The summed E-state index contributed by atoms with van der Waals surface area (Å²) in [6.07, 6.45) is 1.76. The zero-order chi connectivity index (χ0) is 26.3. The van der Waals surface area contributed by atoms with Crippen LogP contribution in [0.15, 0.2) is 49.2 Å². The minimum Gasteiger partial charge on any atom is -0.453 e. The number of carbonyl (C=O) groups is 2. The van der Waals surface area contributed by atoms with Crippen LogP contribution in [-0.2, 0) is 21.6 Å². The molecule has 1 aliphatic heterocycles. The van der Waals surface area contributed by atoms with E-state index >= 15 is 0 Å². The molecular weight excluding hydrogens is 599 g/mol. The van der Waals surface area contributed by atoms with E-state index in [9.17, 15) is 18.4 Å². The van der Waals surface area contributed by atoms with Crippen LogP contribution in [0.3, 0.4) is 0 Å². The molecule has 2 N–H and O–H groups in total. The fourth-order valence-corrected chi connectivity index (χ4v) is 5.18. The Morgan fingerprint density at radius 3 is 2.84 bits per heavy atom. The molecule has 0 spiro atoms. The number of anilines is 1. The third-order valence-corrected chi connectivity index (χ3v) is 6.69. The monoisotopic (exact) mass is 617 g/mol. The summed E-state index contributed by atoms with van der Waals surface area (Å²) in [5.74, 6) is -1.33. The summed E-state index contributed by atoms with van der Waals surface area (Å²) in [6.45, 7) is 3.73. The van der Waals surface area contributed by atoms with Crippen molar-refractivity contribution in [3.63, 3.8) is 0 Å². The summed E-state index contributed by atoms with van der Waals surface area (Å²) in [4.78, 5) is 38.3. The lowest BCUT2D eigenvalue weighted by atomic mass is 9.89. The standard InChI is InChI=1S/C24H18F2IN7O3/c1-3-8-24(32-23(36)37-2)16-18(27)29-20(30-19(16)31-22(24)35)17-14-9-13(25)10-28-21(14)34(33-17)11-12-6-4-5-7-15(12)26/h3-7,9-10H,1,8,11H2,2H3,(H,32,36)(H,29,30,31,35). The molecule has 0 fully saturated rings. The highest BCUT2D eigenvalue weighted by Crippen LogP contribution is 2.41. The predicted octanol–water partition coefficient (Wildman–Crippen LogP) is 3.90. The minimum atomic E-state index is -1.53. The second kappa shape index (κ2) is 9.46. The predicted molar refractivity (Wildman–Crippen MR) is 137 cm³/mol. The molecule has 1 unspecified atom stereocenters. The fourth-order valence-electron chi connectivity index (χ4n) is 4.24. The molecule has 1 aliphatic rings. The molecule has 1 atom stereocenters. The number of nitrogens with one attached hydrogen (secondary N) is 2. The van der Waals surface area contributed by atoms with Crippen LogP contribution in [0, 0.1) is 15.3 Å². The molecule has 0 saturated heterocycles.